The average Bonchev–Trinajstić information content (AvgIpc) is 2.73. The first kappa shape index (κ1) is 19.9. The quantitative estimate of drug-likeness (QED) is 0.747. The summed E-state index contributed by atoms with van der Waals surface area (Å²) in [7, 11) is 0. The molecule has 1 heterocycles. The molecule has 0 bridgehead atoms. The molecule has 0 saturated carbocycles. The Morgan fingerprint density at radius 3 is 2.56 bits per heavy atom. The second-order valence-corrected chi connectivity index (χ2v) is 7.50. The van der Waals surface area contributed by atoms with E-state index >= 15 is 0 Å². The molecule has 1 aliphatic heterocycles. The molecule has 3 heteroatoms. The largest absolute Gasteiger partial charge is 0.488 e. The number of piperazine rings is 1. The summed E-state index contributed by atoms with van der Waals surface area (Å²) in [5.41, 5.74) is 4.09. The van der Waals surface area contributed by atoms with E-state index in [0.717, 1.165) is 51.2 Å². The van der Waals surface area contributed by atoms with Gasteiger partial charge in [-0.25, -0.2) is 0 Å². The fourth-order valence-corrected chi connectivity index (χ4v) is 3.93. The van der Waals surface area contributed by atoms with E-state index in [9.17, 15) is 0 Å². The average molecular weight is 367 g/mol. The molecule has 2 aromatic carbocycles. The number of rotatable bonds is 8. The minimum atomic E-state index is 0.196. The molecule has 3 nitrogen and oxygen atoms in total. The topological polar surface area (TPSA) is 24.5 Å². The highest BCUT2D eigenvalue weighted by Gasteiger charge is 2.27. The number of hydrogen-bond donors (Lipinski definition) is 1. The van der Waals surface area contributed by atoms with Gasteiger partial charge in [0.15, 0.2) is 0 Å². The van der Waals surface area contributed by atoms with Crippen molar-refractivity contribution in [2.75, 3.05) is 19.6 Å². The Balaban J connectivity index is 1.66. The minimum Gasteiger partial charge on any atom is -0.488 e. The normalized spacial score (nSPS) is 19.0. The van der Waals surface area contributed by atoms with Crippen molar-refractivity contribution in [3.8, 4) is 5.75 Å². The van der Waals surface area contributed by atoms with E-state index in [-0.39, 0.29) is 6.10 Å². The molecule has 1 fully saturated rings. The Kier molecular flexibility index (Phi) is 7.31. The maximum atomic E-state index is 6.53. The Morgan fingerprint density at radius 1 is 1.04 bits per heavy atom. The third-order valence-corrected chi connectivity index (χ3v) is 5.58. The highest BCUT2D eigenvalue weighted by atomic mass is 16.5. The molecule has 0 aromatic heterocycles. The standard InChI is InChI=1S/C24H34N2O/c1-4-19-12-13-24(21(5-2)16-19)27-23(6-3)22-18-26(15-14-25-22)17-20-10-8-7-9-11-20/h7-13,16,22-23,25H,4-6,14-15,17-18H2,1-3H3. The number of benzene rings is 2. The zero-order valence-corrected chi connectivity index (χ0v) is 17.1. The van der Waals surface area contributed by atoms with Gasteiger partial charge in [-0.2, -0.15) is 0 Å². The Labute approximate surface area is 164 Å². The molecular formula is C24H34N2O. The lowest BCUT2D eigenvalue weighted by Gasteiger charge is -2.37. The molecule has 146 valence electrons. The number of hydrogen-bond acceptors (Lipinski definition) is 3. The van der Waals surface area contributed by atoms with Crippen molar-refractivity contribution in [2.45, 2.75) is 58.7 Å². The van der Waals surface area contributed by atoms with Crippen molar-refractivity contribution in [2.24, 2.45) is 0 Å². The summed E-state index contributed by atoms with van der Waals surface area (Å²) in [5.74, 6) is 1.06. The van der Waals surface area contributed by atoms with E-state index < -0.39 is 0 Å². The Hall–Kier alpha value is -1.84. The smallest absolute Gasteiger partial charge is 0.123 e. The van der Waals surface area contributed by atoms with Crippen LogP contribution in [0, 0.1) is 0 Å². The van der Waals surface area contributed by atoms with Gasteiger partial charge in [0.05, 0.1) is 6.04 Å². The van der Waals surface area contributed by atoms with Crippen LogP contribution in [0.5, 0.6) is 5.75 Å². The summed E-state index contributed by atoms with van der Waals surface area (Å²) in [5, 5.41) is 3.70. The second kappa shape index (κ2) is 9.91. The molecule has 2 aromatic rings. The lowest BCUT2D eigenvalue weighted by Crippen LogP contribution is -2.56. The van der Waals surface area contributed by atoms with Crippen molar-refractivity contribution < 1.29 is 4.74 Å². The van der Waals surface area contributed by atoms with Crippen LogP contribution in [0.25, 0.3) is 0 Å². The Morgan fingerprint density at radius 2 is 1.85 bits per heavy atom. The van der Waals surface area contributed by atoms with Gasteiger partial charge < -0.3 is 10.1 Å². The summed E-state index contributed by atoms with van der Waals surface area (Å²) >= 11 is 0. The monoisotopic (exact) mass is 366 g/mol. The Bertz CT molecular complexity index is 701. The van der Waals surface area contributed by atoms with Crippen LogP contribution in [-0.2, 0) is 19.4 Å². The van der Waals surface area contributed by atoms with Crippen LogP contribution in [0.15, 0.2) is 48.5 Å². The molecule has 1 aliphatic rings. The first-order chi connectivity index (χ1) is 13.2. The summed E-state index contributed by atoms with van der Waals surface area (Å²) < 4.78 is 6.53. The molecule has 1 N–H and O–H groups in total. The van der Waals surface area contributed by atoms with Gasteiger partial charge in [0.25, 0.3) is 0 Å². The van der Waals surface area contributed by atoms with Crippen LogP contribution in [0.4, 0.5) is 0 Å². The van der Waals surface area contributed by atoms with Crippen molar-refractivity contribution in [1.29, 1.82) is 0 Å². The molecule has 0 radical (unpaired) electrons. The van der Waals surface area contributed by atoms with Crippen LogP contribution in [0.1, 0.15) is 43.9 Å². The number of nitrogens with one attached hydrogen (secondary N) is 1. The van der Waals surface area contributed by atoms with E-state index in [1.165, 1.54) is 16.7 Å². The highest BCUT2D eigenvalue weighted by molar-refractivity contribution is 5.37. The van der Waals surface area contributed by atoms with Gasteiger partial charge in [-0.1, -0.05) is 63.2 Å². The zero-order chi connectivity index (χ0) is 19.1. The summed E-state index contributed by atoms with van der Waals surface area (Å²) in [6.45, 7) is 10.8. The summed E-state index contributed by atoms with van der Waals surface area (Å²) in [6, 6.07) is 17.8. The third-order valence-electron chi connectivity index (χ3n) is 5.58. The van der Waals surface area contributed by atoms with Gasteiger partial charge in [-0.15, -0.1) is 0 Å². The van der Waals surface area contributed by atoms with Crippen LogP contribution in [-0.4, -0.2) is 36.7 Å². The SMILES string of the molecule is CCc1ccc(OC(CC)C2CN(Cc3ccccc3)CCN2)c(CC)c1. The summed E-state index contributed by atoms with van der Waals surface area (Å²) in [4.78, 5) is 2.55. The van der Waals surface area contributed by atoms with Crippen molar-refractivity contribution in [1.82, 2.24) is 10.2 Å². The lowest BCUT2D eigenvalue weighted by molar-refractivity contribution is 0.0902. The predicted octanol–water partition coefficient (Wildman–Crippen LogP) is 4.44. The second-order valence-electron chi connectivity index (χ2n) is 7.50. The molecule has 2 unspecified atom stereocenters. The van der Waals surface area contributed by atoms with Crippen LogP contribution < -0.4 is 10.1 Å². The highest BCUT2D eigenvalue weighted by Crippen LogP contribution is 2.24. The van der Waals surface area contributed by atoms with Gasteiger partial charge in [0, 0.05) is 26.2 Å². The number of ether oxygens (including phenoxy) is 1. The minimum absolute atomic E-state index is 0.196. The predicted molar refractivity (Wildman–Crippen MR) is 113 cm³/mol. The number of nitrogens with zero attached hydrogens (tertiary/aromatic N) is 1. The van der Waals surface area contributed by atoms with Crippen molar-refractivity contribution in [3.63, 3.8) is 0 Å². The van der Waals surface area contributed by atoms with E-state index in [1.54, 1.807) is 0 Å². The third kappa shape index (κ3) is 5.33. The van der Waals surface area contributed by atoms with Gasteiger partial charge in [-0.3, -0.25) is 4.90 Å². The van der Waals surface area contributed by atoms with Gasteiger partial charge in [0.2, 0.25) is 0 Å². The molecule has 3 rings (SSSR count). The fraction of sp³-hybridized carbons (Fsp3) is 0.500. The number of aryl methyl sites for hydroxylation is 2. The van der Waals surface area contributed by atoms with Gasteiger partial charge >= 0.3 is 0 Å². The summed E-state index contributed by atoms with van der Waals surface area (Å²) in [6.07, 6.45) is 3.29. The van der Waals surface area contributed by atoms with Crippen molar-refractivity contribution >= 4 is 0 Å². The van der Waals surface area contributed by atoms with Crippen molar-refractivity contribution in [3.05, 3.63) is 65.2 Å². The van der Waals surface area contributed by atoms with E-state index in [2.05, 4.69) is 79.5 Å². The molecule has 1 saturated heterocycles. The van der Waals surface area contributed by atoms with Gasteiger partial charge in [0.1, 0.15) is 11.9 Å². The van der Waals surface area contributed by atoms with Crippen LogP contribution >= 0.6 is 0 Å². The maximum Gasteiger partial charge on any atom is 0.123 e. The fourth-order valence-electron chi connectivity index (χ4n) is 3.93. The van der Waals surface area contributed by atoms with E-state index in [4.69, 9.17) is 4.74 Å². The zero-order valence-electron chi connectivity index (χ0n) is 17.1. The van der Waals surface area contributed by atoms with Gasteiger partial charge in [-0.05, 0) is 42.0 Å². The molecule has 0 amide bonds. The molecule has 0 aliphatic carbocycles. The molecule has 0 spiro atoms. The molecule has 27 heavy (non-hydrogen) atoms. The van der Waals surface area contributed by atoms with E-state index in [1.807, 2.05) is 0 Å². The van der Waals surface area contributed by atoms with Crippen LogP contribution in [0.2, 0.25) is 0 Å². The maximum absolute atomic E-state index is 6.53. The first-order valence-corrected chi connectivity index (χ1v) is 10.5. The lowest BCUT2D eigenvalue weighted by atomic mass is 10.0. The first-order valence-electron chi connectivity index (χ1n) is 10.5. The van der Waals surface area contributed by atoms with E-state index in [0.29, 0.717) is 6.04 Å². The van der Waals surface area contributed by atoms with Crippen LogP contribution in [0.3, 0.4) is 0 Å². The molecular weight excluding hydrogens is 332 g/mol. The molecule has 2 atom stereocenters.